The van der Waals surface area contributed by atoms with Gasteiger partial charge in [-0.3, -0.25) is 4.79 Å². The van der Waals surface area contributed by atoms with Gasteiger partial charge in [0.05, 0.1) is 11.4 Å². The normalized spacial score (nSPS) is 10.7. The second-order valence-electron chi connectivity index (χ2n) is 6.60. The first-order chi connectivity index (χ1) is 13.8. The van der Waals surface area contributed by atoms with E-state index in [9.17, 15) is 4.79 Å². The minimum absolute atomic E-state index is 0.0663. The summed E-state index contributed by atoms with van der Waals surface area (Å²) in [5.74, 6) is -0.0663. The Morgan fingerprint density at radius 1 is 0.857 bits per heavy atom. The van der Waals surface area contributed by atoms with Crippen LogP contribution in [0.2, 0.25) is 0 Å². The zero-order valence-corrected chi connectivity index (χ0v) is 15.5. The molecule has 4 aromatic rings. The molecular formula is C23H22N4O. The van der Waals surface area contributed by atoms with Gasteiger partial charge in [-0.15, -0.1) is 0 Å². The van der Waals surface area contributed by atoms with Crippen LogP contribution in [-0.2, 0) is 13.0 Å². The summed E-state index contributed by atoms with van der Waals surface area (Å²) >= 11 is 0. The van der Waals surface area contributed by atoms with Crippen LogP contribution in [-0.4, -0.2) is 26.8 Å². The summed E-state index contributed by atoms with van der Waals surface area (Å²) in [4.78, 5) is 12.6. The van der Waals surface area contributed by atoms with Gasteiger partial charge in [0.2, 0.25) is 0 Å². The number of hydrogen-bond acceptors (Lipinski definition) is 2. The van der Waals surface area contributed by atoms with Crippen molar-refractivity contribution in [3.8, 4) is 5.69 Å². The molecule has 0 saturated heterocycles. The van der Waals surface area contributed by atoms with Crippen molar-refractivity contribution in [2.75, 3.05) is 6.54 Å². The molecule has 0 unspecified atom stereocenters. The first-order valence-corrected chi connectivity index (χ1v) is 9.37. The maximum atomic E-state index is 12.6. The van der Waals surface area contributed by atoms with Crippen molar-refractivity contribution in [1.82, 2.24) is 19.7 Å². The van der Waals surface area contributed by atoms with E-state index in [4.69, 9.17) is 0 Å². The third-order valence-electron chi connectivity index (χ3n) is 4.59. The van der Waals surface area contributed by atoms with Crippen molar-refractivity contribution >= 4 is 5.91 Å². The van der Waals surface area contributed by atoms with Crippen LogP contribution in [0.5, 0.6) is 0 Å². The lowest BCUT2D eigenvalue weighted by molar-refractivity contribution is 0.0945. The highest BCUT2D eigenvalue weighted by Crippen LogP contribution is 2.09. The Hall–Kier alpha value is -3.60. The fraction of sp³-hybridized carbons (Fsp3) is 0.130. The number of amides is 1. The fourth-order valence-corrected chi connectivity index (χ4v) is 3.15. The van der Waals surface area contributed by atoms with Gasteiger partial charge in [0, 0.05) is 31.9 Å². The van der Waals surface area contributed by atoms with E-state index in [0.29, 0.717) is 25.2 Å². The van der Waals surface area contributed by atoms with Gasteiger partial charge in [-0.05, 0) is 35.9 Å². The van der Waals surface area contributed by atoms with Crippen molar-refractivity contribution < 1.29 is 4.79 Å². The third kappa shape index (κ3) is 4.20. The molecule has 1 amide bonds. The van der Waals surface area contributed by atoms with Crippen LogP contribution in [0, 0.1) is 0 Å². The van der Waals surface area contributed by atoms with E-state index < -0.39 is 0 Å². The summed E-state index contributed by atoms with van der Waals surface area (Å²) in [5.41, 5.74) is 3.80. The number of nitrogens with one attached hydrogen (secondary N) is 1. The molecule has 1 N–H and O–H groups in total. The maximum absolute atomic E-state index is 12.6. The summed E-state index contributed by atoms with van der Waals surface area (Å²) < 4.78 is 3.82. The highest BCUT2D eigenvalue weighted by atomic mass is 16.1. The highest BCUT2D eigenvalue weighted by molar-refractivity contribution is 5.92. The van der Waals surface area contributed by atoms with Crippen LogP contribution < -0.4 is 5.32 Å². The molecule has 28 heavy (non-hydrogen) atoms. The summed E-state index contributed by atoms with van der Waals surface area (Å²) in [6.45, 7) is 1.22. The molecule has 0 fully saturated rings. The number of nitrogens with zero attached hydrogens (tertiary/aromatic N) is 3. The Kier molecular flexibility index (Phi) is 5.33. The van der Waals surface area contributed by atoms with Crippen molar-refractivity contribution in [2.24, 2.45) is 0 Å². The molecule has 0 atom stereocenters. The van der Waals surface area contributed by atoms with E-state index in [1.807, 2.05) is 88.4 Å². The van der Waals surface area contributed by atoms with E-state index in [2.05, 4.69) is 22.5 Å². The molecule has 5 nitrogen and oxygen atoms in total. The summed E-state index contributed by atoms with van der Waals surface area (Å²) in [6, 6.07) is 25.8. The molecule has 0 saturated carbocycles. The molecule has 2 aromatic heterocycles. The average molecular weight is 370 g/mol. The first-order valence-electron chi connectivity index (χ1n) is 9.37. The van der Waals surface area contributed by atoms with Crippen molar-refractivity contribution in [3.05, 3.63) is 108 Å². The van der Waals surface area contributed by atoms with Crippen LogP contribution in [0.1, 0.15) is 21.7 Å². The summed E-state index contributed by atoms with van der Waals surface area (Å²) in [6.07, 6.45) is 4.56. The zero-order valence-electron chi connectivity index (χ0n) is 15.5. The molecular weight excluding hydrogens is 348 g/mol. The van der Waals surface area contributed by atoms with Crippen LogP contribution >= 0.6 is 0 Å². The Labute approximate surface area is 164 Å². The van der Waals surface area contributed by atoms with E-state index >= 15 is 0 Å². The third-order valence-corrected chi connectivity index (χ3v) is 4.59. The van der Waals surface area contributed by atoms with Crippen molar-refractivity contribution in [3.63, 3.8) is 0 Å². The quantitative estimate of drug-likeness (QED) is 0.539. The van der Waals surface area contributed by atoms with Crippen molar-refractivity contribution in [2.45, 2.75) is 13.0 Å². The predicted molar refractivity (Wildman–Crippen MR) is 110 cm³/mol. The molecule has 2 aromatic carbocycles. The molecule has 0 aliphatic carbocycles. The standard InChI is InChI=1S/C23H22N4O/c28-23(22-12-7-16-26(22)18-19-8-3-1-4-9-19)24-15-13-20-14-17-27(25-20)21-10-5-2-6-11-21/h1-12,14,16-17H,13,15,18H2,(H,24,28). The molecule has 0 radical (unpaired) electrons. The number of rotatable bonds is 7. The molecule has 0 aliphatic rings. The highest BCUT2D eigenvalue weighted by Gasteiger charge is 2.11. The molecule has 2 heterocycles. The Morgan fingerprint density at radius 2 is 1.61 bits per heavy atom. The Bertz CT molecular complexity index is 1030. The largest absolute Gasteiger partial charge is 0.350 e. The number of aromatic nitrogens is 3. The van der Waals surface area contributed by atoms with Crippen LogP contribution in [0.3, 0.4) is 0 Å². The molecule has 0 bridgehead atoms. The number of hydrogen-bond donors (Lipinski definition) is 1. The zero-order chi connectivity index (χ0) is 19.2. The first kappa shape index (κ1) is 17.8. The molecule has 4 rings (SSSR count). The smallest absolute Gasteiger partial charge is 0.267 e. The Morgan fingerprint density at radius 3 is 2.39 bits per heavy atom. The second kappa shape index (κ2) is 8.39. The predicted octanol–water partition coefficient (Wildman–Crippen LogP) is 3.69. The number of para-hydroxylation sites is 1. The van der Waals surface area contributed by atoms with Gasteiger partial charge in [0.1, 0.15) is 5.69 Å². The van der Waals surface area contributed by atoms with E-state index in [0.717, 1.165) is 11.4 Å². The molecule has 0 spiro atoms. The number of benzene rings is 2. The van der Waals surface area contributed by atoms with Gasteiger partial charge >= 0.3 is 0 Å². The summed E-state index contributed by atoms with van der Waals surface area (Å²) in [7, 11) is 0. The minimum Gasteiger partial charge on any atom is -0.350 e. The van der Waals surface area contributed by atoms with Crippen LogP contribution in [0.4, 0.5) is 0 Å². The lowest BCUT2D eigenvalue weighted by Crippen LogP contribution is -2.28. The topological polar surface area (TPSA) is 51.9 Å². The summed E-state index contributed by atoms with van der Waals surface area (Å²) in [5, 5.41) is 7.57. The molecule has 0 aliphatic heterocycles. The van der Waals surface area contributed by atoms with E-state index in [1.165, 1.54) is 5.56 Å². The van der Waals surface area contributed by atoms with E-state index in [1.54, 1.807) is 0 Å². The Balaban J connectivity index is 1.33. The van der Waals surface area contributed by atoms with Gasteiger partial charge in [0.15, 0.2) is 0 Å². The monoisotopic (exact) mass is 370 g/mol. The minimum atomic E-state index is -0.0663. The molecule has 140 valence electrons. The maximum Gasteiger partial charge on any atom is 0.267 e. The number of carbonyl (C=O) groups excluding carboxylic acids is 1. The van der Waals surface area contributed by atoms with Gasteiger partial charge in [-0.25, -0.2) is 4.68 Å². The number of carbonyl (C=O) groups is 1. The SMILES string of the molecule is O=C(NCCc1ccn(-c2ccccc2)n1)c1cccn1Cc1ccccc1. The lowest BCUT2D eigenvalue weighted by atomic mass is 10.2. The fourth-order valence-electron chi connectivity index (χ4n) is 3.15. The van der Waals surface area contributed by atoms with Crippen molar-refractivity contribution in [1.29, 1.82) is 0 Å². The van der Waals surface area contributed by atoms with Gasteiger partial charge in [-0.1, -0.05) is 48.5 Å². The van der Waals surface area contributed by atoms with Gasteiger partial charge in [0.25, 0.3) is 5.91 Å². The second-order valence-corrected chi connectivity index (χ2v) is 6.60. The van der Waals surface area contributed by atoms with Crippen LogP contribution in [0.25, 0.3) is 5.69 Å². The average Bonchev–Trinajstić information content (AvgIpc) is 3.39. The van der Waals surface area contributed by atoms with Crippen LogP contribution in [0.15, 0.2) is 91.3 Å². The lowest BCUT2D eigenvalue weighted by Gasteiger charge is -2.10. The molecule has 5 heteroatoms. The van der Waals surface area contributed by atoms with Gasteiger partial charge < -0.3 is 9.88 Å². The van der Waals surface area contributed by atoms with Gasteiger partial charge in [-0.2, -0.15) is 5.10 Å². The van der Waals surface area contributed by atoms with E-state index in [-0.39, 0.29) is 5.91 Å².